The first-order valence-electron chi connectivity index (χ1n) is 12.8. The summed E-state index contributed by atoms with van der Waals surface area (Å²) >= 11 is 6.26. The Morgan fingerprint density at radius 2 is 1.62 bits per heavy atom. The van der Waals surface area contributed by atoms with E-state index in [-0.39, 0.29) is 33.8 Å². The number of likely N-dealkylation sites (N-methyl/N-ethyl adjacent to an activating group) is 1. The maximum absolute atomic E-state index is 14.1. The van der Waals surface area contributed by atoms with Crippen LogP contribution in [0.4, 0.5) is 5.69 Å². The third-order valence-corrected chi connectivity index (χ3v) is 8.28. The molecule has 0 aliphatic rings. The van der Waals surface area contributed by atoms with Crippen LogP contribution >= 0.6 is 11.6 Å². The average molecular weight is 588 g/mol. The molecular formula is C29H34ClN3O6S. The van der Waals surface area contributed by atoms with Crippen LogP contribution < -0.4 is 19.1 Å². The van der Waals surface area contributed by atoms with Crippen molar-refractivity contribution in [3.63, 3.8) is 0 Å². The molecule has 3 aromatic carbocycles. The number of halogens is 1. The fraction of sp³-hybridized carbons (Fsp3) is 0.310. The fourth-order valence-corrected chi connectivity index (χ4v) is 5.83. The highest BCUT2D eigenvalue weighted by atomic mass is 35.5. The summed E-state index contributed by atoms with van der Waals surface area (Å²) in [4.78, 5) is 28.5. The lowest BCUT2D eigenvalue weighted by Gasteiger charge is -2.33. The molecular weight excluding hydrogens is 554 g/mol. The zero-order chi connectivity index (χ0) is 29.3. The van der Waals surface area contributed by atoms with Crippen LogP contribution in [0.1, 0.15) is 25.8 Å². The van der Waals surface area contributed by atoms with Crippen LogP contribution in [0, 0.1) is 0 Å². The van der Waals surface area contributed by atoms with E-state index in [4.69, 9.17) is 21.1 Å². The molecule has 0 radical (unpaired) electrons. The Morgan fingerprint density at radius 1 is 0.950 bits per heavy atom. The predicted molar refractivity (Wildman–Crippen MR) is 155 cm³/mol. The zero-order valence-corrected chi connectivity index (χ0v) is 24.5. The van der Waals surface area contributed by atoms with Crippen molar-refractivity contribution < 1.29 is 27.5 Å². The molecule has 1 atom stereocenters. The van der Waals surface area contributed by atoms with Crippen LogP contribution in [0.5, 0.6) is 11.5 Å². The molecule has 0 aliphatic heterocycles. The second-order valence-corrected chi connectivity index (χ2v) is 11.1. The van der Waals surface area contributed by atoms with Gasteiger partial charge in [0.2, 0.25) is 11.8 Å². The van der Waals surface area contributed by atoms with Crippen molar-refractivity contribution >= 4 is 39.1 Å². The number of carbonyl (C=O) groups is 2. The Hall–Kier alpha value is -3.76. The van der Waals surface area contributed by atoms with Gasteiger partial charge in [-0.05, 0) is 61.4 Å². The molecule has 3 rings (SSSR count). The van der Waals surface area contributed by atoms with Gasteiger partial charge in [-0.3, -0.25) is 13.9 Å². The molecule has 0 unspecified atom stereocenters. The molecule has 0 bridgehead atoms. The maximum Gasteiger partial charge on any atom is 0.264 e. The van der Waals surface area contributed by atoms with Crippen molar-refractivity contribution in [2.24, 2.45) is 0 Å². The molecule has 40 heavy (non-hydrogen) atoms. The third-order valence-electron chi connectivity index (χ3n) is 6.27. The maximum atomic E-state index is 14.1. The number of carbonyl (C=O) groups excluding carboxylic acids is 2. The van der Waals surface area contributed by atoms with Gasteiger partial charge in [-0.2, -0.15) is 0 Å². The minimum atomic E-state index is -4.25. The highest BCUT2D eigenvalue weighted by Crippen LogP contribution is 2.35. The molecule has 0 spiro atoms. The number of ether oxygens (including phenoxy) is 2. The summed E-state index contributed by atoms with van der Waals surface area (Å²) in [6.07, 6.45) is 0.319. The number of sulfonamides is 1. The van der Waals surface area contributed by atoms with Crippen molar-refractivity contribution in [3.05, 3.63) is 83.4 Å². The van der Waals surface area contributed by atoms with Gasteiger partial charge in [0.05, 0.1) is 24.8 Å². The number of rotatable bonds is 13. The molecule has 1 N–H and O–H groups in total. The molecule has 11 heteroatoms. The topological polar surface area (TPSA) is 105 Å². The molecule has 0 fully saturated rings. The molecule has 214 valence electrons. The van der Waals surface area contributed by atoms with Crippen LogP contribution in [0.3, 0.4) is 0 Å². The number of hydrogen-bond donors (Lipinski definition) is 1. The normalized spacial score (nSPS) is 11.8. The quantitative estimate of drug-likeness (QED) is 0.316. The summed E-state index contributed by atoms with van der Waals surface area (Å²) in [5, 5.41) is 3.04. The Bertz CT molecular complexity index is 1400. The van der Waals surface area contributed by atoms with Crippen molar-refractivity contribution in [3.8, 4) is 11.5 Å². The molecule has 9 nitrogen and oxygen atoms in total. The van der Waals surface area contributed by atoms with E-state index in [9.17, 15) is 18.0 Å². The predicted octanol–water partition coefficient (Wildman–Crippen LogP) is 4.50. The van der Waals surface area contributed by atoms with E-state index in [0.29, 0.717) is 18.7 Å². The van der Waals surface area contributed by atoms with Crippen molar-refractivity contribution in [2.75, 3.05) is 31.6 Å². The molecule has 2 amide bonds. The minimum absolute atomic E-state index is 0.0118. The van der Waals surface area contributed by atoms with Gasteiger partial charge >= 0.3 is 0 Å². The number of anilines is 1. The summed E-state index contributed by atoms with van der Waals surface area (Å²) in [5.74, 6) is -0.0418. The Balaban J connectivity index is 2.11. The van der Waals surface area contributed by atoms with Gasteiger partial charge in [-0.15, -0.1) is 0 Å². The molecule has 0 heterocycles. The van der Waals surface area contributed by atoms with E-state index in [1.165, 1.54) is 36.3 Å². The smallest absolute Gasteiger partial charge is 0.264 e. The lowest BCUT2D eigenvalue weighted by molar-refractivity contribution is -0.140. The van der Waals surface area contributed by atoms with Crippen molar-refractivity contribution in [2.45, 2.75) is 37.8 Å². The van der Waals surface area contributed by atoms with Gasteiger partial charge in [-0.25, -0.2) is 8.42 Å². The minimum Gasteiger partial charge on any atom is -0.497 e. The average Bonchev–Trinajstić information content (AvgIpc) is 2.96. The highest BCUT2D eigenvalue weighted by Gasteiger charge is 2.34. The van der Waals surface area contributed by atoms with E-state index in [1.54, 1.807) is 69.5 Å². The van der Waals surface area contributed by atoms with Crippen molar-refractivity contribution in [1.82, 2.24) is 10.2 Å². The first-order chi connectivity index (χ1) is 19.2. The van der Waals surface area contributed by atoms with Crippen molar-refractivity contribution in [1.29, 1.82) is 0 Å². The van der Waals surface area contributed by atoms with Crippen LogP contribution in [-0.2, 0) is 26.2 Å². The van der Waals surface area contributed by atoms with Gasteiger partial charge < -0.3 is 19.7 Å². The lowest BCUT2D eigenvalue weighted by Crippen LogP contribution is -2.52. The second-order valence-electron chi connectivity index (χ2n) is 8.83. The number of hydrogen-bond acceptors (Lipinski definition) is 6. The Kier molecular flexibility index (Phi) is 10.8. The van der Waals surface area contributed by atoms with E-state index in [0.717, 1.165) is 9.87 Å². The first-order valence-corrected chi connectivity index (χ1v) is 14.6. The monoisotopic (exact) mass is 587 g/mol. The first kappa shape index (κ1) is 30.8. The number of nitrogens with zero attached hydrogens (tertiary/aromatic N) is 2. The van der Waals surface area contributed by atoms with Gasteiger partial charge in [0, 0.05) is 18.1 Å². The molecule has 0 aromatic heterocycles. The Morgan fingerprint density at radius 3 is 2.20 bits per heavy atom. The summed E-state index contributed by atoms with van der Waals surface area (Å²) in [7, 11) is -1.29. The van der Waals surface area contributed by atoms with Gasteiger partial charge in [0.25, 0.3) is 10.0 Å². The molecule has 0 saturated heterocycles. The second kappa shape index (κ2) is 14.0. The molecule has 3 aromatic rings. The summed E-state index contributed by atoms with van der Waals surface area (Å²) in [5.41, 5.74) is 0.845. The van der Waals surface area contributed by atoms with Gasteiger partial charge in [-0.1, -0.05) is 48.9 Å². The van der Waals surface area contributed by atoms with E-state index in [1.807, 2.05) is 0 Å². The number of benzene rings is 3. The van der Waals surface area contributed by atoms with E-state index >= 15 is 0 Å². The standard InChI is InChI=1S/C29H34ClN3O6S/c1-5-25(29(35)31-6-2)32(19-21-12-15-23(38-3)16-13-21)28(34)20-33(26-18-22(30)14-17-27(26)39-4)40(36,37)24-10-8-7-9-11-24/h7-18,25H,5-6,19-20H2,1-4H3,(H,31,35)/t25-/m0/s1. The van der Waals surface area contributed by atoms with Crippen LogP contribution in [-0.4, -0.2) is 58.5 Å². The summed E-state index contributed by atoms with van der Waals surface area (Å²) in [6, 6.07) is 18.6. The summed E-state index contributed by atoms with van der Waals surface area (Å²) in [6.45, 7) is 3.45. The van der Waals surface area contributed by atoms with Crippen LogP contribution in [0.15, 0.2) is 77.7 Å². The largest absolute Gasteiger partial charge is 0.497 e. The third kappa shape index (κ3) is 7.25. The van der Waals surface area contributed by atoms with Gasteiger partial charge in [0.15, 0.2) is 0 Å². The number of amides is 2. The SMILES string of the molecule is CCNC(=O)[C@H](CC)N(Cc1ccc(OC)cc1)C(=O)CN(c1cc(Cl)ccc1OC)S(=O)(=O)c1ccccc1. The molecule has 0 saturated carbocycles. The Labute approximate surface area is 240 Å². The van der Waals surface area contributed by atoms with Crippen LogP contribution in [0.25, 0.3) is 0 Å². The number of nitrogens with one attached hydrogen (secondary N) is 1. The zero-order valence-electron chi connectivity index (χ0n) is 23.0. The molecule has 0 aliphatic carbocycles. The highest BCUT2D eigenvalue weighted by molar-refractivity contribution is 7.92. The van der Waals surface area contributed by atoms with Gasteiger partial charge in [0.1, 0.15) is 24.1 Å². The van der Waals surface area contributed by atoms with Crippen LogP contribution in [0.2, 0.25) is 5.02 Å². The van der Waals surface area contributed by atoms with E-state index < -0.39 is 28.5 Å². The van der Waals surface area contributed by atoms with E-state index in [2.05, 4.69) is 5.32 Å². The fourth-order valence-electron chi connectivity index (χ4n) is 4.23. The lowest BCUT2D eigenvalue weighted by atomic mass is 10.1. The summed E-state index contributed by atoms with van der Waals surface area (Å²) < 4.78 is 39.5. The number of methoxy groups -OCH3 is 2.